The van der Waals surface area contributed by atoms with E-state index in [0.29, 0.717) is 6.04 Å². The molecule has 0 amide bonds. The van der Waals surface area contributed by atoms with E-state index in [4.69, 9.17) is 0 Å². The molecule has 0 saturated carbocycles. The van der Waals surface area contributed by atoms with Crippen LogP contribution in [0.5, 0.6) is 0 Å². The first-order valence-corrected chi connectivity index (χ1v) is 4.76. The van der Waals surface area contributed by atoms with E-state index in [2.05, 4.69) is 19.2 Å². The average molecular weight is 181 g/mol. The van der Waals surface area contributed by atoms with Gasteiger partial charge in [0.25, 0.3) is 0 Å². The van der Waals surface area contributed by atoms with Gasteiger partial charge >= 0.3 is 0 Å². The molecule has 0 unspecified atom stereocenters. The molecule has 0 radical (unpaired) electrons. The third-order valence-electron chi connectivity index (χ3n) is 2.13. The summed E-state index contributed by atoms with van der Waals surface area (Å²) in [7, 11) is 0. The average Bonchev–Trinajstić information content (AvgIpc) is 2.16. The van der Waals surface area contributed by atoms with E-state index in [0.717, 1.165) is 18.5 Å². The highest BCUT2D eigenvalue weighted by Crippen LogP contribution is 2.16. The van der Waals surface area contributed by atoms with Crippen molar-refractivity contribution >= 4 is 0 Å². The van der Waals surface area contributed by atoms with Crippen LogP contribution in [0.25, 0.3) is 0 Å². The van der Waals surface area contributed by atoms with Gasteiger partial charge in [-0.15, -0.1) is 0 Å². The van der Waals surface area contributed by atoms with Crippen molar-refractivity contribution in [3.63, 3.8) is 0 Å². The fraction of sp³-hybridized carbons (Fsp3) is 0.455. The van der Waals surface area contributed by atoms with Crippen LogP contribution in [-0.2, 0) is 0 Å². The Bertz CT molecular complexity index is 243. The second kappa shape index (κ2) is 4.97. The van der Waals surface area contributed by atoms with Crippen molar-refractivity contribution in [1.29, 1.82) is 0 Å². The number of halogens is 1. The zero-order valence-electron chi connectivity index (χ0n) is 8.18. The topological polar surface area (TPSA) is 12.0 Å². The van der Waals surface area contributed by atoms with E-state index in [-0.39, 0.29) is 5.82 Å². The summed E-state index contributed by atoms with van der Waals surface area (Å²) >= 11 is 0. The Morgan fingerprint density at radius 2 is 1.85 bits per heavy atom. The predicted octanol–water partition coefficient (Wildman–Crippen LogP) is 2.89. The molecule has 0 heterocycles. The maximum absolute atomic E-state index is 12.6. The molecule has 0 aliphatic rings. The molecule has 72 valence electrons. The molecular formula is C11H16FN. The molecule has 0 bridgehead atoms. The highest BCUT2D eigenvalue weighted by atomic mass is 19.1. The van der Waals surface area contributed by atoms with E-state index in [9.17, 15) is 4.39 Å². The SMILES string of the molecule is CCN[C@H](CC)c1ccc(F)cc1. The highest BCUT2D eigenvalue weighted by Gasteiger charge is 2.06. The van der Waals surface area contributed by atoms with Gasteiger partial charge in [-0.25, -0.2) is 4.39 Å². The Morgan fingerprint density at radius 1 is 1.23 bits per heavy atom. The summed E-state index contributed by atoms with van der Waals surface area (Å²) in [5.74, 6) is -0.171. The molecule has 1 nitrogen and oxygen atoms in total. The lowest BCUT2D eigenvalue weighted by molar-refractivity contribution is 0.535. The van der Waals surface area contributed by atoms with Crippen molar-refractivity contribution < 1.29 is 4.39 Å². The first-order valence-electron chi connectivity index (χ1n) is 4.76. The Kier molecular flexibility index (Phi) is 3.90. The number of rotatable bonds is 4. The van der Waals surface area contributed by atoms with E-state index in [1.165, 1.54) is 12.1 Å². The summed E-state index contributed by atoms with van der Waals surface area (Å²) in [5, 5.41) is 3.35. The minimum absolute atomic E-state index is 0.171. The van der Waals surface area contributed by atoms with Crippen molar-refractivity contribution in [3.05, 3.63) is 35.6 Å². The van der Waals surface area contributed by atoms with Crippen LogP contribution in [0.4, 0.5) is 4.39 Å². The Labute approximate surface area is 79.0 Å². The normalized spacial score (nSPS) is 12.8. The quantitative estimate of drug-likeness (QED) is 0.753. The van der Waals surface area contributed by atoms with E-state index < -0.39 is 0 Å². The third kappa shape index (κ3) is 2.81. The Hall–Kier alpha value is -0.890. The maximum Gasteiger partial charge on any atom is 0.123 e. The zero-order valence-corrected chi connectivity index (χ0v) is 8.18. The van der Waals surface area contributed by atoms with Gasteiger partial charge in [0.15, 0.2) is 0 Å². The van der Waals surface area contributed by atoms with Crippen molar-refractivity contribution in [2.45, 2.75) is 26.3 Å². The van der Waals surface area contributed by atoms with Crippen molar-refractivity contribution in [2.24, 2.45) is 0 Å². The molecule has 0 aliphatic carbocycles. The first-order chi connectivity index (χ1) is 6.27. The molecule has 1 N–H and O–H groups in total. The molecule has 1 aromatic rings. The van der Waals surface area contributed by atoms with Crippen molar-refractivity contribution in [3.8, 4) is 0 Å². The van der Waals surface area contributed by atoms with E-state index in [1.54, 1.807) is 0 Å². The lowest BCUT2D eigenvalue weighted by Gasteiger charge is -2.15. The molecular weight excluding hydrogens is 165 g/mol. The molecule has 0 aliphatic heterocycles. The molecule has 0 fully saturated rings. The smallest absolute Gasteiger partial charge is 0.123 e. The fourth-order valence-corrected chi connectivity index (χ4v) is 1.44. The summed E-state index contributed by atoms with van der Waals surface area (Å²) in [4.78, 5) is 0. The van der Waals surface area contributed by atoms with Crippen LogP contribution < -0.4 is 5.32 Å². The first kappa shape index (κ1) is 10.2. The lowest BCUT2D eigenvalue weighted by Crippen LogP contribution is -2.19. The number of benzene rings is 1. The summed E-state index contributed by atoms with van der Waals surface area (Å²) in [5.41, 5.74) is 1.16. The number of nitrogens with one attached hydrogen (secondary N) is 1. The van der Waals surface area contributed by atoms with Gasteiger partial charge in [0, 0.05) is 6.04 Å². The Balaban J connectivity index is 2.73. The van der Waals surface area contributed by atoms with Crippen LogP contribution >= 0.6 is 0 Å². The number of hydrogen-bond acceptors (Lipinski definition) is 1. The fourth-order valence-electron chi connectivity index (χ4n) is 1.44. The minimum atomic E-state index is -0.171. The molecule has 0 saturated heterocycles. The zero-order chi connectivity index (χ0) is 9.68. The van der Waals surface area contributed by atoms with Crippen LogP contribution in [0, 0.1) is 5.82 Å². The van der Waals surface area contributed by atoms with Crippen LogP contribution in [0.2, 0.25) is 0 Å². The summed E-state index contributed by atoms with van der Waals surface area (Å²) in [6.07, 6.45) is 1.03. The molecule has 2 heteroatoms. The van der Waals surface area contributed by atoms with Crippen LogP contribution in [0.3, 0.4) is 0 Å². The maximum atomic E-state index is 12.6. The minimum Gasteiger partial charge on any atom is -0.310 e. The molecule has 1 rings (SSSR count). The molecule has 1 atom stereocenters. The largest absolute Gasteiger partial charge is 0.310 e. The Morgan fingerprint density at radius 3 is 2.31 bits per heavy atom. The monoisotopic (exact) mass is 181 g/mol. The molecule has 1 aromatic carbocycles. The van der Waals surface area contributed by atoms with Gasteiger partial charge in [-0.3, -0.25) is 0 Å². The second-order valence-corrected chi connectivity index (χ2v) is 3.07. The standard InChI is InChI=1S/C11H16FN/c1-3-11(13-4-2)9-5-7-10(12)8-6-9/h5-8,11,13H,3-4H2,1-2H3/t11-/m1/s1. The van der Waals surface area contributed by atoms with Crippen LogP contribution in [0.15, 0.2) is 24.3 Å². The molecule has 0 aromatic heterocycles. The van der Waals surface area contributed by atoms with Crippen molar-refractivity contribution in [2.75, 3.05) is 6.54 Å². The predicted molar refractivity (Wildman–Crippen MR) is 53.1 cm³/mol. The number of hydrogen-bond donors (Lipinski definition) is 1. The van der Waals surface area contributed by atoms with Crippen LogP contribution in [-0.4, -0.2) is 6.54 Å². The van der Waals surface area contributed by atoms with Crippen molar-refractivity contribution in [1.82, 2.24) is 5.32 Å². The van der Waals surface area contributed by atoms with E-state index in [1.807, 2.05) is 12.1 Å². The second-order valence-electron chi connectivity index (χ2n) is 3.07. The van der Waals surface area contributed by atoms with Gasteiger partial charge in [-0.2, -0.15) is 0 Å². The van der Waals surface area contributed by atoms with E-state index >= 15 is 0 Å². The summed E-state index contributed by atoms with van der Waals surface area (Å²) in [6.45, 7) is 5.14. The summed E-state index contributed by atoms with van der Waals surface area (Å²) in [6, 6.07) is 7.05. The lowest BCUT2D eigenvalue weighted by atomic mass is 10.0. The van der Waals surface area contributed by atoms with Gasteiger partial charge in [0.1, 0.15) is 5.82 Å². The van der Waals surface area contributed by atoms with Gasteiger partial charge in [0.2, 0.25) is 0 Å². The van der Waals surface area contributed by atoms with Gasteiger partial charge < -0.3 is 5.32 Å². The third-order valence-corrected chi connectivity index (χ3v) is 2.13. The van der Waals surface area contributed by atoms with Crippen LogP contribution in [0.1, 0.15) is 31.9 Å². The summed E-state index contributed by atoms with van der Waals surface area (Å²) < 4.78 is 12.6. The molecule has 13 heavy (non-hydrogen) atoms. The molecule has 0 spiro atoms. The van der Waals surface area contributed by atoms with Gasteiger partial charge in [-0.05, 0) is 30.7 Å². The highest BCUT2D eigenvalue weighted by molar-refractivity contribution is 5.19. The van der Waals surface area contributed by atoms with Gasteiger partial charge in [0.05, 0.1) is 0 Å². The van der Waals surface area contributed by atoms with Gasteiger partial charge in [-0.1, -0.05) is 26.0 Å².